The third-order valence-electron chi connectivity index (χ3n) is 6.69. The average Bonchev–Trinajstić information content (AvgIpc) is 2.84. The highest BCUT2D eigenvalue weighted by Crippen LogP contribution is 2.43. The second kappa shape index (κ2) is 10.3. The highest BCUT2D eigenvalue weighted by molar-refractivity contribution is 5.81. The number of carbonyl (C=O) groups excluding carboxylic acids is 1. The van der Waals surface area contributed by atoms with Crippen LogP contribution in [0, 0.1) is 12.7 Å². The molecule has 0 spiro atoms. The summed E-state index contributed by atoms with van der Waals surface area (Å²) in [5.74, 6) is 0.763. The number of amides is 1. The fourth-order valence-electron chi connectivity index (χ4n) is 5.00. The number of aryl methyl sites for hydroxylation is 2. The first kappa shape index (κ1) is 23.8. The Bertz CT molecular complexity index is 1170. The van der Waals surface area contributed by atoms with E-state index < -0.39 is 6.04 Å². The quantitative estimate of drug-likeness (QED) is 0.517. The van der Waals surface area contributed by atoms with E-state index in [2.05, 4.69) is 4.90 Å². The largest absolute Gasteiger partial charge is 0.493 e. The Hall–Kier alpha value is -3.38. The summed E-state index contributed by atoms with van der Waals surface area (Å²) in [7, 11) is 3.25. The van der Waals surface area contributed by atoms with Gasteiger partial charge >= 0.3 is 0 Å². The van der Waals surface area contributed by atoms with Crippen LogP contribution in [-0.2, 0) is 17.6 Å². The lowest BCUT2D eigenvalue weighted by atomic mass is 9.86. The molecule has 0 aromatic heterocycles. The average molecular weight is 463 g/mol. The van der Waals surface area contributed by atoms with Crippen LogP contribution in [0.25, 0.3) is 0 Å². The van der Waals surface area contributed by atoms with Crippen molar-refractivity contribution < 1.29 is 18.7 Å². The number of hydrogen-bond donors (Lipinski definition) is 1. The van der Waals surface area contributed by atoms with E-state index in [1.807, 2.05) is 54.6 Å². The SMILES string of the molecule is COc1cc2c(cc1OC)C(CCc1ccc(F)c(C)c1)N(C(C(N)=O)c1ccccc1)CC2. The van der Waals surface area contributed by atoms with Gasteiger partial charge in [-0.3, -0.25) is 9.69 Å². The number of nitrogens with zero attached hydrogens (tertiary/aromatic N) is 1. The minimum absolute atomic E-state index is 0.0772. The van der Waals surface area contributed by atoms with Crippen molar-refractivity contribution in [3.8, 4) is 11.5 Å². The van der Waals surface area contributed by atoms with Crippen LogP contribution in [0.15, 0.2) is 60.7 Å². The first-order valence-corrected chi connectivity index (χ1v) is 11.5. The third kappa shape index (κ3) is 4.77. The van der Waals surface area contributed by atoms with Gasteiger partial charge in [-0.1, -0.05) is 42.5 Å². The fraction of sp³-hybridized carbons (Fsp3) is 0.321. The van der Waals surface area contributed by atoms with Crippen LogP contribution >= 0.6 is 0 Å². The summed E-state index contributed by atoms with van der Waals surface area (Å²) in [5, 5.41) is 0. The number of methoxy groups -OCH3 is 2. The predicted octanol–water partition coefficient (Wildman–Crippen LogP) is 4.91. The molecule has 4 rings (SSSR count). The zero-order chi connectivity index (χ0) is 24.2. The first-order valence-electron chi connectivity index (χ1n) is 11.5. The maximum Gasteiger partial charge on any atom is 0.239 e. The van der Waals surface area contributed by atoms with Crippen LogP contribution in [0.3, 0.4) is 0 Å². The van der Waals surface area contributed by atoms with E-state index in [0.717, 1.165) is 36.0 Å². The number of fused-ring (bicyclic) bond motifs is 1. The lowest BCUT2D eigenvalue weighted by Gasteiger charge is -2.41. The molecular formula is C28H31FN2O3. The Labute approximate surface area is 200 Å². The molecule has 0 saturated heterocycles. The fourth-order valence-corrected chi connectivity index (χ4v) is 5.00. The standard InChI is InChI=1S/C28H31FN2O3/c1-18-15-19(9-11-23(18)29)10-12-24-22-17-26(34-3)25(33-2)16-21(22)13-14-31(24)27(28(30)32)20-7-5-4-6-8-20/h4-9,11,15-17,24,27H,10,12-14H2,1-3H3,(H2,30,32). The van der Waals surface area contributed by atoms with E-state index in [9.17, 15) is 9.18 Å². The van der Waals surface area contributed by atoms with Crippen molar-refractivity contribution in [1.82, 2.24) is 4.90 Å². The molecule has 3 aromatic carbocycles. The van der Waals surface area contributed by atoms with Gasteiger partial charge in [-0.2, -0.15) is 0 Å². The summed E-state index contributed by atoms with van der Waals surface area (Å²) in [4.78, 5) is 14.9. The number of nitrogens with two attached hydrogens (primary N) is 1. The number of primary amides is 1. The van der Waals surface area contributed by atoms with Crippen LogP contribution in [0.1, 0.15) is 46.3 Å². The predicted molar refractivity (Wildman–Crippen MR) is 131 cm³/mol. The molecule has 2 atom stereocenters. The maximum absolute atomic E-state index is 13.8. The van der Waals surface area contributed by atoms with Gasteiger partial charge in [-0.25, -0.2) is 4.39 Å². The van der Waals surface area contributed by atoms with E-state index in [1.165, 1.54) is 11.6 Å². The highest BCUT2D eigenvalue weighted by atomic mass is 19.1. The molecule has 2 N–H and O–H groups in total. The molecule has 3 aromatic rings. The van der Waals surface area contributed by atoms with Crippen molar-refractivity contribution >= 4 is 5.91 Å². The summed E-state index contributed by atoms with van der Waals surface area (Å²) >= 11 is 0. The molecule has 34 heavy (non-hydrogen) atoms. The molecule has 1 amide bonds. The summed E-state index contributed by atoms with van der Waals surface area (Å²) in [6.45, 7) is 2.45. The molecule has 1 aliphatic heterocycles. The number of rotatable bonds is 8. The molecular weight excluding hydrogens is 431 g/mol. The smallest absolute Gasteiger partial charge is 0.239 e. The van der Waals surface area contributed by atoms with Crippen molar-refractivity contribution in [2.75, 3.05) is 20.8 Å². The van der Waals surface area contributed by atoms with Gasteiger partial charge in [0, 0.05) is 12.6 Å². The Balaban J connectivity index is 1.75. The van der Waals surface area contributed by atoms with Crippen molar-refractivity contribution in [1.29, 1.82) is 0 Å². The Kier molecular flexibility index (Phi) is 7.17. The van der Waals surface area contributed by atoms with Gasteiger partial charge in [-0.15, -0.1) is 0 Å². The number of halogens is 1. The second-order valence-corrected chi connectivity index (χ2v) is 8.75. The first-order chi connectivity index (χ1) is 16.4. The molecule has 6 heteroatoms. The zero-order valence-electron chi connectivity index (χ0n) is 19.9. The van der Waals surface area contributed by atoms with Crippen LogP contribution in [0.4, 0.5) is 4.39 Å². The van der Waals surface area contributed by atoms with Gasteiger partial charge in [0.15, 0.2) is 11.5 Å². The normalized spacial score (nSPS) is 16.5. The minimum atomic E-state index is -0.553. The summed E-state index contributed by atoms with van der Waals surface area (Å²) < 4.78 is 24.9. The van der Waals surface area contributed by atoms with Crippen molar-refractivity contribution in [3.63, 3.8) is 0 Å². The van der Waals surface area contributed by atoms with Gasteiger partial charge in [0.1, 0.15) is 11.9 Å². The molecule has 1 aliphatic rings. The van der Waals surface area contributed by atoms with E-state index in [-0.39, 0.29) is 17.8 Å². The number of benzene rings is 3. The Morgan fingerprint density at radius 1 is 1.09 bits per heavy atom. The molecule has 0 fully saturated rings. The summed E-state index contributed by atoms with van der Waals surface area (Å²) in [6.07, 6.45) is 2.24. The van der Waals surface area contributed by atoms with Crippen LogP contribution < -0.4 is 15.2 Å². The molecule has 2 unspecified atom stereocenters. The lowest BCUT2D eigenvalue weighted by Crippen LogP contribution is -2.44. The van der Waals surface area contributed by atoms with Gasteiger partial charge < -0.3 is 15.2 Å². The highest BCUT2D eigenvalue weighted by Gasteiger charge is 2.36. The van der Waals surface area contributed by atoms with Gasteiger partial charge in [0.05, 0.1) is 14.2 Å². The van der Waals surface area contributed by atoms with Crippen molar-refractivity contribution in [2.45, 2.75) is 38.3 Å². The number of hydrogen-bond acceptors (Lipinski definition) is 4. The van der Waals surface area contributed by atoms with E-state index in [1.54, 1.807) is 21.1 Å². The van der Waals surface area contributed by atoms with E-state index in [4.69, 9.17) is 15.2 Å². The summed E-state index contributed by atoms with van der Waals surface area (Å²) in [6, 6.07) is 18.3. The monoisotopic (exact) mass is 462 g/mol. The molecule has 0 radical (unpaired) electrons. The van der Waals surface area contributed by atoms with Crippen LogP contribution in [-0.4, -0.2) is 31.6 Å². The Morgan fingerprint density at radius 2 is 1.79 bits per heavy atom. The molecule has 0 aliphatic carbocycles. The molecule has 178 valence electrons. The molecule has 0 saturated carbocycles. The minimum Gasteiger partial charge on any atom is -0.493 e. The summed E-state index contributed by atoms with van der Waals surface area (Å²) in [5.41, 5.74) is 10.8. The maximum atomic E-state index is 13.8. The van der Waals surface area contributed by atoms with Gasteiger partial charge in [0.25, 0.3) is 0 Å². The van der Waals surface area contributed by atoms with Crippen LogP contribution in [0.2, 0.25) is 0 Å². The van der Waals surface area contributed by atoms with Gasteiger partial charge in [-0.05, 0) is 72.2 Å². The van der Waals surface area contributed by atoms with Crippen molar-refractivity contribution in [2.24, 2.45) is 5.73 Å². The van der Waals surface area contributed by atoms with Gasteiger partial charge in [0.2, 0.25) is 5.91 Å². The topological polar surface area (TPSA) is 64.8 Å². The number of carbonyl (C=O) groups is 1. The number of ether oxygens (including phenoxy) is 2. The molecule has 5 nitrogen and oxygen atoms in total. The van der Waals surface area contributed by atoms with Crippen molar-refractivity contribution in [3.05, 3.63) is 94.3 Å². The third-order valence-corrected chi connectivity index (χ3v) is 6.69. The second-order valence-electron chi connectivity index (χ2n) is 8.75. The van der Waals surface area contributed by atoms with E-state index in [0.29, 0.717) is 23.6 Å². The molecule has 0 bridgehead atoms. The zero-order valence-corrected chi connectivity index (χ0v) is 19.9. The van der Waals surface area contributed by atoms with Crippen LogP contribution in [0.5, 0.6) is 11.5 Å². The van der Waals surface area contributed by atoms with E-state index >= 15 is 0 Å². The Morgan fingerprint density at radius 3 is 2.44 bits per heavy atom. The lowest BCUT2D eigenvalue weighted by molar-refractivity contribution is -0.124. The molecule has 1 heterocycles.